The monoisotopic (exact) mass is 394 g/mol. The second-order valence-electron chi connectivity index (χ2n) is 7.60. The highest BCUT2D eigenvalue weighted by Crippen LogP contribution is 2.29. The van der Waals surface area contributed by atoms with Crippen molar-refractivity contribution >= 4 is 29.2 Å². The summed E-state index contributed by atoms with van der Waals surface area (Å²) in [6.45, 7) is 7.67. The molecule has 2 aromatic carbocycles. The Hall–Kier alpha value is -3.15. The number of carbonyl (C=O) groups is 3. The van der Waals surface area contributed by atoms with E-state index in [4.69, 9.17) is 4.74 Å². The fourth-order valence-electron chi connectivity index (χ4n) is 3.44. The molecule has 29 heavy (non-hydrogen) atoms. The predicted octanol–water partition coefficient (Wildman–Crippen LogP) is 3.46. The molecule has 0 bridgehead atoms. The van der Waals surface area contributed by atoms with Crippen molar-refractivity contribution in [2.45, 2.75) is 34.1 Å². The van der Waals surface area contributed by atoms with Gasteiger partial charge in [-0.05, 0) is 62.1 Å². The van der Waals surface area contributed by atoms with Gasteiger partial charge < -0.3 is 15.0 Å². The second kappa shape index (κ2) is 8.47. The first kappa shape index (κ1) is 20.6. The lowest BCUT2D eigenvalue weighted by atomic mass is 10.1. The molecule has 1 aliphatic heterocycles. The van der Waals surface area contributed by atoms with Crippen LogP contribution in [0.3, 0.4) is 0 Å². The molecule has 0 radical (unpaired) electrons. The first-order valence-electron chi connectivity index (χ1n) is 9.66. The van der Waals surface area contributed by atoms with E-state index >= 15 is 0 Å². The fourth-order valence-corrected chi connectivity index (χ4v) is 3.44. The molecule has 6 heteroatoms. The third-order valence-electron chi connectivity index (χ3n) is 5.34. The number of anilines is 2. The van der Waals surface area contributed by atoms with Crippen LogP contribution in [0.4, 0.5) is 11.4 Å². The van der Waals surface area contributed by atoms with Crippen LogP contribution in [-0.2, 0) is 19.1 Å². The van der Waals surface area contributed by atoms with Gasteiger partial charge in [-0.1, -0.05) is 24.3 Å². The average Bonchev–Trinajstić information content (AvgIpc) is 3.07. The molecule has 1 fully saturated rings. The number of benzene rings is 2. The highest BCUT2D eigenvalue weighted by atomic mass is 16.5. The molecule has 2 amide bonds. The van der Waals surface area contributed by atoms with Gasteiger partial charge in [0.05, 0.1) is 5.92 Å². The van der Waals surface area contributed by atoms with Crippen LogP contribution in [0.2, 0.25) is 0 Å². The van der Waals surface area contributed by atoms with Crippen LogP contribution in [0.25, 0.3) is 0 Å². The van der Waals surface area contributed by atoms with Gasteiger partial charge in [0.2, 0.25) is 5.91 Å². The molecule has 0 aliphatic carbocycles. The van der Waals surface area contributed by atoms with Crippen molar-refractivity contribution in [3.63, 3.8) is 0 Å². The summed E-state index contributed by atoms with van der Waals surface area (Å²) in [7, 11) is 0. The molecule has 0 saturated carbocycles. The number of aryl methyl sites for hydroxylation is 3. The lowest BCUT2D eigenvalue weighted by Gasteiger charge is -2.19. The van der Waals surface area contributed by atoms with Gasteiger partial charge in [-0.3, -0.25) is 14.4 Å². The van der Waals surface area contributed by atoms with E-state index in [1.54, 1.807) is 11.0 Å². The van der Waals surface area contributed by atoms with Crippen LogP contribution in [-0.4, -0.2) is 30.9 Å². The number of carbonyl (C=O) groups excluding carboxylic acids is 3. The fraction of sp³-hybridized carbons (Fsp3) is 0.348. The SMILES string of the molecule is Cc1ccc(C)c(N2C[C@H](C(=O)OCC(=O)Nc3cccc(C)c3C)CC2=O)c1. The Kier molecular flexibility index (Phi) is 6.01. The lowest BCUT2D eigenvalue weighted by molar-refractivity contribution is -0.151. The molecule has 0 unspecified atom stereocenters. The summed E-state index contributed by atoms with van der Waals surface area (Å²) >= 11 is 0. The van der Waals surface area contributed by atoms with Crippen molar-refractivity contribution < 1.29 is 19.1 Å². The molecular formula is C23H26N2O4. The van der Waals surface area contributed by atoms with Gasteiger partial charge in [-0.15, -0.1) is 0 Å². The van der Waals surface area contributed by atoms with E-state index in [1.807, 2.05) is 58.0 Å². The van der Waals surface area contributed by atoms with Gasteiger partial charge in [0.1, 0.15) is 0 Å². The summed E-state index contributed by atoms with van der Waals surface area (Å²) in [6, 6.07) is 11.5. The molecule has 1 saturated heterocycles. The van der Waals surface area contributed by atoms with E-state index in [0.717, 1.165) is 27.9 Å². The molecule has 2 aromatic rings. The number of esters is 1. The maximum Gasteiger partial charge on any atom is 0.311 e. The summed E-state index contributed by atoms with van der Waals surface area (Å²) in [4.78, 5) is 38.6. The van der Waals surface area contributed by atoms with Gasteiger partial charge in [0.15, 0.2) is 6.61 Å². The highest BCUT2D eigenvalue weighted by molar-refractivity contribution is 6.00. The van der Waals surface area contributed by atoms with Crippen LogP contribution in [0.5, 0.6) is 0 Å². The van der Waals surface area contributed by atoms with Crippen LogP contribution in [0, 0.1) is 33.6 Å². The summed E-state index contributed by atoms with van der Waals surface area (Å²) in [5.41, 5.74) is 5.58. The number of nitrogens with zero attached hydrogens (tertiary/aromatic N) is 1. The maximum atomic E-state index is 12.4. The van der Waals surface area contributed by atoms with Gasteiger partial charge >= 0.3 is 5.97 Å². The summed E-state index contributed by atoms with van der Waals surface area (Å²) in [5.74, 6) is -1.61. The topological polar surface area (TPSA) is 75.7 Å². The van der Waals surface area contributed by atoms with Crippen LogP contribution in [0.15, 0.2) is 36.4 Å². The van der Waals surface area contributed by atoms with E-state index in [0.29, 0.717) is 5.69 Å². The molecule has 152 valence electrons. The number of hydrogen-bond donors (Lipinski definition) is 1. The first-order valence-corrected chi connectivity index (χ1v) is 9.66. The van der Waals surface area contributed by atoms with Crippen molar-refractivity contribution in [1.29, 1.82) is 0 Å². The third-order valence-corrected chi connectivity index (χ3v) is 5.34. The minimum Gasteiger partial charge on any atom is -0.455 e. The van der Waals surface area contributed by atoms with Crippen molar-refractivity contribution in [2.75, 3.05) is 23.4 Å². The zero-order valence-electron chi connectivity index (χ0n) is 17.2. The van der Waals surface area contributed by atoms with Crippen LogP contribution in [0.1, 0.15) is 28.7 Å². The van der Waals surface area contributed by atoms with E-state index in [2.05, 4.69) is 5.32 Å². The number of ether oxygens (including phenoxy) is 1. The Labute approximate surface area is 170 Å². The molecule has 1 N–H and O–H groups in total. The molecule has 0 spiro atoms. The second-order valence-corrected chi connectivity index (χ2v) is 7.60. The highest BCUT2D eigenvalue weighted by Gasteiger charge is 2.36. The van der Waals surface area contributed by atoms with Crippen molar-refractivity contribution in [2.24, 2.45) is 5.92 Å². The normalized spacial score (nSPS) is 16.1. The average molecular weight is 394 g/mol. The Balaban J connectivity index is 1.57. The van der Waals surface area contributed by atoms with Gasteiger partial charge in [0, 0.05) is 24.3 Å². The van der Waals surface area contributed by atoms with Crippen molar-refractivity contribution in [3.8, 4) is 0 Å². The van der Waals surface area contributed by atoms with Gasteiger partial charge in [-0.25, -0.2) is 0 Å². The molecule has 1 atom stereocenters. The van der Waals surface area contributed by atoms with E-state index in [9.17, 15) is 14.4 Å². The quantitative estimate of drug-likeness (QED) is 0.788. The number of hydrogen-bond acceptors (Lipinski definition) is 4. The largest absolute Gasteiger partial charge is 0.455 e. The Morgan fingerprint density at radius 2 is 1.86 bits per heavy atom. The maximum absolute atomic E-state index is 12.4. The minimum atomic E-state index is -0.573. The Bertz CT molecular complexity index is 967. The number of amides is 2. The Morgan fingerprint density at radius 1 is 1.10 bits per heavy atom. The molecule has 6 nitrogen and oxygen atoms in total. The third kappa shape index (κ3) is 4.65. The molecule has 1 heterocycles. The smallest absolute Gasteiger partial charge is 0.311 e. The number of nitrogens with one attached hydrogen (secondary N) is 1. The van der Waals surface area contributed by atoms with E-state index in [-0.39, 0.29) is 25.5 Å². The molecule has 1 aliphatic rings. The molecule has 0 aromatic heterocycles. The summed E-state index contributed by atoms with van der Waals surface area (Å²) < 4.78 is 5.19. The zero-order chi connectivity index (χ0) is 21.1. The Morgan fingerprint density at radius 3 is 2.62 bits per heavy atom. The van der Waals surface area contributed by atoms with Crippen molar-refractivity contribution in [1.82, 2.24) is 0 Å². The number of rotatable bonds is 5. The van der Waals surface area contributed by atoms with Crippen molar-refractivity contribution in [3.05, 3.63) is 58.7 Å². The van der Waals surface area contributed by atoms with Gasteiger partial charge in [0.25, 0.3) is 5.91 Å². The first-order chi connectivity index (χ1) is 13.8. The van der Waals surface area contributed by atoms with Crippen LogP contribution >= 0.6 is 0 Å². The van der Waals surface area contributed by atoms with E-state index in [1.165, 1.54) is 0 Å². The minimum absolute atomic E-state index is 0.0881. The summed E-state index contributed by atoms with van der Waals surface area (Å²) in [6.07, 6.45) is 0.0881. The van der Waals surface area contributed by atoms with E-state index < -0.39 is 17.8 Å². The predicted molar refractivity (Wildman–Crippen MR) is 112 cm³/mol. The standard InChI is InChI=1S/C23H26N2O4/c1-14-8-9-16(3)20(10-14)25-12-18(11-22(25)27)23(28)29-13-21(26)24-19-7-5-6-15(2)17(19)4/h5-10,18H,11-13H2,1-4H3,(H,24,26)/t18-/m1/s1. The summed E-state index contributed by atoms with van der Waals surface area (Å²) in [5, 5.41) is 2.76. The van der Waals surface area contributed by atoms with Gasteiger partial charge in [-0.2, -0.15) is 0 Å². The zero-order valence-corrected chi connectivity index (χ0v) is 17.2. The lowest BCUT2D eigenvalue weighted by Crippen LogP contribution is -2.28. The van der Waals surface area contributed by atoms with Crippen LogP contribution < -0.4 is 10.2 Å². The molecule has 3 rings (SSSR count). The molecular weight excluding hydrogens is 368 g/mol.